The number of benzene rings is 2. The number of nitrogens with zero attached hydrogens (tertiary/aromatic N) is 1. The summed E-state index contributed by atoms with van der Waals surface area (Å²) >= 11 is 0. The zero-order valence-electron chi connectivity index (χ0n) is 22.4. The van der Waals surface area contributed by atoms with Gasteiger partial charge in [0.15, 0.2) is 0 Å². The maximum atomic E-state index is 13.6. The molecule has 6 nitrogen and oxygen atoms in total. The summed E-state index contributed by atoms with van der Waals surface area (Å²) in [5, 5.41) is 2.10. The molecule has 36 heavy (non-hydrogen) atoms. The molecule has 0 aromatic heterocycles. The number of imide groups is 1. The molecule has 1 spiro atoms. The van der Waals surface area contributed by atoms with Crippen molar-refractivity contribution in [3.63, 3.8) is 0 Å². The van der Waals surface area contributed by atoms with Crippen molar-refractivity contribution in [1.82, 2.24) is 4.90 Å². The fourth-order valence-corrected chi connectivity index (χ4v) is 10.2. The van der Waals surface area contributed by atoms with Gasteiger partial charge in [0.1, 0.15) is 11.2 Å². The van der Waals surface area contributed by atoms with Gasteiger partial charge in [0.05, 0.1) is 12.6 Å². The zero-order valence-corrected chi connectivity index (χ0v) is 23.4. The van der Waals surface area contributed by atoms with E-state index in [0.717, 1.165) is 16.8 Å². The van der Waals surface area contributed by atoms with Crippen molar-refractivity contribution >= 4 is 30.7 Å². The first-order valence-corrected chi connectivity index (χ1v) is 14.8. The van der Waals surface area contributed by atoms with E-state index in [1.807, 2.05) is 36.4 Å². The van der Waals surface area contributed by atoms with E-state index in [9.17, 15) is 9.59 Å². The average molecular weight is 510 g/mol. The van der Waals surface area contributed by atoms with Crippen molar-refractivity contribution in [2.24, 2.45) is 0 Å². The van der Waals surface area contributed by atoms with Gasteiger partial charge in [0, 0.05) is 13.0 Å². The topological polar surface area (TPSA) is 65.1 Å². The molecule has 194 valence electrons. The van der Waals surface area contributed by atoms with Crippen LogP contribution in [-0.2, 0) is 18.7 Å². The van der Waals surface area contributed by atoms with E-state index < -0.39 is 31.7 Å². The summed E-state index contributed by atoms with van der Waals surface area (Å²) in [6.45, 7) is 12.8. The summed E-state index contributed by atoms with van der Waals surface area (Å²) in [4.78, 5) is 28.1. The second-order valence-corrected chi connectivity index (χ2v) is 16.2. The Hall–Kier alpha value is -2.48. The Balaban J connectivity index is 1.73. The summed E-state index contributed by atoms with van der Waals surface area (Å²) in [6, 6.07) is 20.3. The van der Waals surface area contributed by atoms with Gasteiger partial charge < -0.3 is 13.9 Å². The minimum Gasteiger partial charge on any atom is -0.443 e. The van der Waals surface area contributed by atoms with Gasteiger partial charge in [-0.25, -0.2) is 9.69 Å². The molecule has 2 heterocycles. The predicted molar refractivity (Wildman–Crippen MR) is 143 cm³/mol. The molecule has 0 radical (unpaired) electrons. The molecule has 0 saturated carbocycles. The van der Waals surface area contributed by atoms with E-state index in [1.165, 1.54) is 4.90 Å². The highest BCUT2D eigenvalue weighted by atomic mass is 28.4. The van der Waals surface area contributed by atoms with E-state index in [0.29, 0.717) is 19.4 Å². The summed E-state index contributed by atoms with van der Waals surface area (Å²) < 4.78 is 18.7. The third-order valence-corrected chi connectivity index (χ3v) is 12.1. The molecule has 0 unspecified atom stereocenters. The lowest BCUT2D eigenvalue weighted by Gasteiger charge is -2.43. The Morgan fingerprint density at radius 1 is 1.00 bits per heavy atom. The molecule has 0 aliphatic carbocycles. The number of ether oxygens (including phenoxy) is 2. The first kappa shape index (κ1) is 26.6. The number of hydrogen-bond acceptors (Lipinski definition) is 5. The lowest BCUT2D eigenvalue weighted by atomic mass is 9.96. The Bertz CT molecular complexity index is 1030. The van der Waals surface area contributed by atoms with Crippen molar-refractivity contribution in [3.8, 4) is 0 Å². The van der Waals surface area contributed by atoms with Gasteiger partial charge in [-0.3, -0.25) is 4.79 Å². The summed E-state index contributed by atoms with van der Waals surface area (Å²) in [7, 11) is -2.83. The second-order valence-electron chi connectivity index (χ2n) is 11.9. The lowest BCUT2D eigenvalue weighted by Crippen LogP contribution is -2.67. The van der Waals surface area contributed by atoms with Crippen molar-refractivity contribution in [3.05, 3.63) is 60.7 Å². The third kappa shape index (κ3) is 4.88. The normalized spacial score (nSPS) is 22.9. The zero-order chi connectivity index (χ0) is 26.2. The maximum Gasteiger partial charge on any atom is 0.417 e. The lowest BCUT2D eigenvalue weighted by molar-refractivity contribution is -0.144. The fraction of sp³-hybridized carbons (Fsp3) is 0.517. The van der Waals surface area contributed by atoms with Crippen LogP contribution in [0.3, 0.4) is 0 Å². The van der Waals surface area contributed by atoms with Crippen LogP contribution in [0.1, 0.15) is 60.8 Å². The SMILES string of the molecule is CC(C)(C)OC(=O)N1C(=O)[C@]2(CCCO2)C[C@H]1CO[Si](c1ccccc1)(c1ccccc1)C(C)(C)C. The highest BCUT2D eigenvalue weighted by Crippen LogP contribution is 2.42. The Labute approximate surface area is 216 Å². The number of hydrogen-bond donors (Lipinski definition) is 0. The van der Waals surface area contributed by atoms with Crippen LogP contribution < -0.4 is 10.4 Å². The van der Waals surface area contributed by atoms with Crippen LogP contribution in [0.4, 0.5) is 4.79 Å². The van der Waals surface area contributed by atoms with E-state index in [2.05, 4.69) is 45.0 Å². The highest BCUT2D eigenvalue weighted by Gasteiger charge is 2.58. The van der Waals surface area contributed by atoms with Crippen molar-refractivity contribution in [1.29, 1.82) is 0 Å². The standard InChI is InChI=1S/C29H39NO5Si/c1-27(2,3)35-26(32)30-22(20-29(25(30)31)18-13-19-33-29)21-34-36(28(4,5)6,23-14-9-7-10-15-23)24-16-11-8-12-17-24/h7-12,14-17,22H,13,18-21H2,1-6H3/t22-,29-/m0/s1. The maximum absolute atomic E-state index is 13.6. The van der Waals surface area contributed by atoms with Crippen LogP contribution in [0.25, 0.3) is 0 Å². The summed E-state index contributed by atoms with van der Waals surface area (Å²) in [5.74, 6) is -0.301. The van der Waals surface area contributed by atoms with Crippen LogP contribution >= 0.6 is 0 Å². The van der Waals surface area contributed by atoms with E-state index >= 15 is 0 Å². The van der Waals surface area contributed by atoms with Gasteiger partial charge >= 0.3 is 6.09 Å². The van der Waals surface area contributed by atoms with Crippen LogP contribution in [0.15, 0.2) is 60.7 Å². The largest absolute Gasteiger partial charge is 0.443 e. The van der Waals surface area contributed by atoms with Crippen molar-refractivity contribution in [2.45, 2.75) is 83.1 Å². The number of carbonyl (C=O) groups excluding carboxylic acids is 2. The molecule has 2 aromatic rings. The smallest absolute Gasteiger partial charge is 0.417 e. The molecule has 2 aliphatic rings. The molecule has 2 saturated heterocycles. The molecule has 4 rings (SSSR count). The summed E-state index contributed by atoms with van der Waals surface area (Å²) in [5.41, 5.74) is -1.68. The quantitative estimate of drug-likeness (QED) is 0.549. The molecular weight excluding hydrogens is 470 g/mol. The van der Waals surface area contributed by atoms with Gasteiger partial charge in [0.25, 0.3) is 14.2 Å². The highest BCUT2D eigenvalue weighted by molar-refractivity contribution is 6.99. The number of amides is 2. The number of likely N-dealkylation sites (tertiary alicyclic amines) is 1. The van der Waals surface area contributed by atoms with Gasteiger partial charge in [-0.15, -0.1) is 0 Å². The predicted octanol–water partition coefficient (Wildman–Crippen LogP) is 4.65. The van der Waals surface area contributed by atoms with E-state index in [4.69, 9.17) is 13.9 Å². The Kier molecular flexibility index (Phi) is 7.21. The molecule has 2 aromatic carbocycles. The molecule has 0 N–H and O–H groups in total. The van der Waals surface area contributed by atoms with Gasteiger partial charge in [-0.05, 0) is 49.0 Å². The first-order valence-electron chi connectivity index (χ1n) is 12.9. The Morgan fingerprint density at radius 2 is 1.56 bits per heavy atom. The summed E-state index contributed by atoms with van der Waals surface area (Å²) in [6.07, 6.45) is 1.20. The minimum atomic E-state index is -2.83. The minimum absolute atomic E-state index is 0.212. The third-order valence-electron chi connectivity index (χ3n) is 7.14. The number of carbonyl (C=O) groups is 2. The fourth-order valence-electron chi connectivity index (χ4n) is 5.63. The van der Waals surface area contributed by atoms with Crippen LogP contribution in [-0.4, -0.2) is 55.7 Å². The van der Waals surface area contributed by atoms with E-state index in [1.54, 1.807) is 20.8 Å². The Morgan fingerprint density at radius 3 is 2.00 bits per heavy atom. The van der Waals surface area contributed by atoms with Crippen LogP contribution in [0, 0.1) is 0 Å². The van der Waals surface area contributed by atoms with Gasteiger partial charge in [-0.2, -0.15) is 0 Å². The first-order chi connectivity index (χ1) is 16.9. The molecule has 2 aliphatic heterocycles. The van der Waals surface area contributed by atoms with E-state index in [-0.39, 0.29) is 17.6 Å². The molecule has 0 bridgehead atoms. The molecular formula is C29H39NO5Si. The average Bonchev–Trinajstić information content (AvgIpc) is 3.38. The van der Waals surface area contributed by atoms with Crippen LogP contribution in [0.5, 0.6) is 0 Å². The monoisotopic (exact) mass is 509 g/mol. The van der Waals surface area contributed by atoms with Crippen molar-refractivity contribution in [2.75, 3.05) is 13.2 Å². The van der Waals surface area contributed by atoms with Crippen molar-refractivity contribution < 1.29 is 23.5 Å². The molecule has 7 heteroatoms. The second kappa shape index (κ2) is 9.76. The van der Waals surface area contributed by atoms with Crippen LogP contribution in [0.2, 0.25) is 5.04 Å². The molecule has 2 fully saturated rings. The number of rotatable bonds is 5. The van der Waals surface area contributed by atoms with Gasteiger partial charge in [-0.1, -0.05) is 81.4 Å². The molecule has 2 atom stereocenters. The van der Waals surface area contributed by atoms with Gasteiger partial charge in [0.2, 0.25) is 0 Å². The molecule has 2 amide bonds.